The van der Waals surface area contributed by atoms with Crippen molar-refractivity contribution < 1.29 is 9.90 Å². The molecule has 0 aliphatic heterocycles. The predicted octanol–water partition coefficient (Wildman–Crippen LogP) is 3.43. The molecule has 0 fully saturated rings. The van der Waals surface area contributed by atoms with E-state index in [1.54, 1.807) is 48.3 Å². The molecule has 0 bridgehead atoms. The fraction of sp³-hybridized carbons (Fsp3) is 0.0714. The lowest BCUT2D eigenvalue weighted by atomic mass is 10.2. The van der Waals surface area contributed by atoms with E-state index < -0.39 is 0 Å². The van der Waals surface area contributed by atoms with Gasteiger partial charge in [0, 0.05) is 22.8 Å². The third kappa shape index (κ3) is 2.71. The van der Waals surface area contributed by atoms with Gasteiger partial charge in [0.1, 0.15) is 5.75 Å². The van der Waals surface area contributed by atoms with Crippen LogP contribution < -0.4 is 4.90 Å². The maximum Gasteiger partial charge on any atom is 0.258 e. The largest absolute Gasteiger partial charge is 0.508 e. The lowest BCUT2D eigenvalue weighted by Crippen LogP contribution is -2.26. The Morgan fingerprint density at radius 1 is 1.17 bits per heavy atom. The van der Waals surface area contributed by atoms with Gasteiger partial charge in [-0.1, -0.05) is 22.0 Å². The molecule has 0 aliphatic rings. The third-order valence-electron chi connectivity index (χ3n) is 2.61. The van der Waals surface area contributed by atoms with Gasteiger partial charge in [-0.3, -0.25) is 4.79 Å². The van der Waals surface area contributed by atoms with Gasteiger partial charge < -0.3 is 10.0 Å². The molecule has 1 N–H and O–H groups in total. The minimum absolute atomic E-state index is 0.0954. The Hall–Kier alpha value is -1.81. The Bertz CT molecular complexity index is 566. The van der Waals surface area contributed by atoms with Crippen LogP contribution in [0.1, 0.15) is 10.4 Å². The van der Waals surface area contributed by atoms with Crippen LogP contribution >= 0.6 is 15.9 Å². The minimum atomic E-state index is -0.0954. The number of anilines is 1. The summed E-state index contributed by atoms with van der Waals surface area (Å²) in [6.45, 7) is 0. The zero-order valence-electron chi connectivity index (χ0n) is 9.80. The van der Waals surface area contributed by atoms with Gasteiger partial charge >= 0.3 is 0 Å². The Morgan fingerprint density at radius 3 is 2.44 bits per heavy atom. The van der Waals surface area contributed by atoms with Crippen LogP contribution in [0.5, 0.6) is 5.75 Å². The summed E-state index contributed by atoms with van der Waals surface area (Å²) in [6.07, 6.45) is 0. The highest BCUT2D eigenvalue weighted by atomic mass is 79.9. The average molecular weight is 306 g/mol. The molecule has 92 valence electrons. The van der Waals surface area contributed by atoms with Crippen LogP contribution in [0.4, 0.5) is 5.69 Å². The number of phenolic OH excluding ortho intramolecular Hbond substituents is 1. The summed E-state index contributed by atoms with van der Waals surface area (Å²) in [5, 5.41) is 9.22. The normalized spacial score (nSPS) is 10.1. The topological polar surface area (TPSA) is 40.5 Å². The van der Waals surface area contributed by atoms with Crippen LogP contribution in [-0.4, -0.2) is 18.1 Å². The van der Waals surface area contributed by atoms with E-state index in [0.29, 0.717) is 5.56 Å². The maximum atomic E-state index is 12.2. The van der Waals surface area contributed by atoms with E-state index in [1.807, 2.05) is 12.1 Å². The standard InChI is InChI=1S/C14H12BrNO2/c1-16(12-5-7-13(17)8-6-12)14(18)10-3-2-4-11(15)9-10/h2-9,17H,1H3. The van der Waals surface area contributed by atoms with Crippen molar-refractivity contribution in [1.82, 2.24) is 0 Å². The summed E-state index contributed by atoms with van der Waals surface area (Å²) in [6, 6.07) is 13.7. The number of hydrogen-bond donors (Lipinski definition) is 1. The lowest BCUT2D eigenvalue weighted by molar-refractivity contribution is 0.0993. The summed E-state index contributed by atoms with van der Waals surface area (Å²) < 4.78 is 0.868. The van der Waals surface area contributed by atoms with Crippen LogP contribution in [0.3, 0.4) is 0 Å². The number of nitrogens with zero attached hydrogens (tertiary/aromatic N) is 1. The lowest BCUT2D eigenvalue weighted by Gasteiger charge is -2.17. The molecule has 2 rings (SSSR count). The number of carbonyl (C=O) groups is 1. The Balaban J connectivity index is 2.26. The average Bonchev–Trinajstić information content (AvgIpc) is 2.38. The van der Waals surface area contributed by atoms with E-state index in [-0.39, 0.29) is 11.7 Å². The van der Waals surface area contributed by atoms with Crippen molar-refractivity contribution in [1.29, 1.82) is 0 Å². The van der Waals surface area contributed by atoms with E-state index in [4.69, 9.17) is 0 Å². The second-order valence-corrected chi connectivity index (χ2v) is 4.81. The van der Waals surface area contributed by atoms with Gasteiger partial charge in [0.2, 0.25) is 0 Å². The fourth-order valence-corrected chi connectivity index (χ4v) is 2.01. The molecule has 0 atom stereocenters. The van der Waals surface area contributed by atoms with Gasteiger partial charge in [-0.25, -0.2) is 0 Å². The van der Waals surface area contributed by atoms with Crippen molar-refractivity contribution in [2.45, 2.75) is 0 Å². The number of benzene rings is 2. The van der Waals surface area contributed by atoms with Crippen LogP contribution in [0, 0.1) is 0 Å². The molecule has 2 aromatic rings. The van der Waals surface area contributed by atoms with E-state index in [1.165, 1.54) is 0 Å². The summed E-state index contributed by atoms with van der Waals surface area (Å²) in [4.78, 5) is 13.8. The molecule has 0 heterocycles. The molecule has 3 nitrogen and oxygen atoms in total. The van der Waals surface area contributed by atoms with Crippen molar-refractivity contribution in [3.05, 3.63) is 58.6 Å². The first-order valence-electron chi connectivity index (χ1n) is 5.40. The van der Waals surface area contributed by atoms with Gasteiger partial charge in [-0.2, -0.15) is 0 Å². The molecule has 18 heavy (non-hydrogen) atoms. The third-order valence-corrected chi connectivity index (χ3v) is 3.11. The first-order chi connectivity index (χ1) is 8.58. The quantitative estimate of drug-likeness (QED) is 0.923. The number of halogens is 1. The van der Waals surface area contributed by atoms with Crippen LogP contribution in [0.25, 0.3) is 0 Å². The first kappa shape index (κ1) is 12.6. The number of carbonyl (C=O) groups excluding carboxylic acids is 1. The van der Waals surface area contributed by atoms with Gasteiger partial charge in [-0.15, -0.1) is 0 Å². The predicted molar refractivity (Wildman–Crippen MR) is 75.0 cm³/mol. The van der Waals surface area contributed by atoms with Crippen molar-refractivity contribution >= 4 is 27.5 Å². The van der Waals surface area contributed by atoms with Gasteiger partial charge in [0.15, 0.2) is 0 Å². The number of amides is 1. The minimum Gasteiger partial charge on any atom is -0.508 e. The van der Waals surface area contributed by atoms with Gasteiger partial charge in [0.05, 0.1) is 0 Å². The first-order valence-corrected chi connectivity index (χ1v) is 6.20. The molecule has 0 saturated heterocycles. The fourth-order valence-electron chi connectivity index (χ4n) is 1.61. The summed E-state index contributed by atoms with van der Waals surface area (Å²) >= 11 is 3.34. The molecule has 0 radical (unpaired) electrons. The zero-order valence-corrected chi connectivity index (χ0v) is 11.4. The molecule has 0 unspecified atom stereocenters. The Morgan fingerprint density at radius 2 is 1.83 bits per heavy atom. The Labute approximate surface area is 114 Å². The molecule has 0 spiro atoms. The van der Waals surface area contributed by atoms with Crippen molar-refractivity contribution in [2.24, 2.45) is 0 Å². The monoisotopic (exact) mass is 305 g/mol. The molecule has 2 aromatic carbocycles. The number of aromatic hydroxyl groups is 1. The highest BCUT2D eigenvalue weighted by Gasteiger charge is 2.13. The molecular weight excluding hydrogens is 294 g/mol. The van der Waals surface area contributed by atoms with E-state index >= 15 is 0 Å². The zero-order chi connectivity index (χ0) is 13.1. The van der Waals surface area contributed by atoms with Crippen molar-refractivity contribution in [3.8, 4) is 5.75 Å². The number of hydrogen-bond acceptors (Lipinski definition) is 2. The molecular formula is C14H12BrNO2. The molecule has 0 aromatic heterocycles. The molecule has 4 heteroatoms. The van der Waals surface area contributed by atoms with Crippen LogP contribution in [0.2, 0.25) is 0 Å². The summed E-state index contributed by atoms with van der Waals surface area (Å²) in [7, 11) is 1.70. The van der Waals surface area contributed by atoms with E-state index in [9.17, 15) is 9.90 Å². The molecule has 0 aliphatic carbocycles. The Kier molecular flexibility index (Phi) is 3.67. The van der Waals surface area contributed by atoms with Gasteiger partial charge in [-0.05, 0) is 42.5 Å². The summed E-state index contributed by atoms with van der Waals surface area (Å²) in [5.41, 5.74) is 1.35. The van der Waals surface area contributed by atoms with Gasteiger partial charge in [0.25, 0.3) is 5.91 Å². The molecule has 0 saturated carbocycles. The maximum absolute atomic E-state index is 12.2. The SMILES string of the molecule is CN(C(=O)c1cccc(Br)c1)c1ccc(O)cc1. The molecule has 1 amide bonds. The highest BCUT2D eigenvalue weighted by Crippen LogP contribution is 2.20. The smallest absolute Gasteiger partial charge is 0.258 e. The van der Waals surface area contributed by atoms with Crippen LogP contribution in [-0.2, 0) is 0 Å². The second-order valence-electron chi connectivity index (χ2n) is 3.89. The second kappa shape index (κ2) is 5.23. The van der Waals surface area contributed by atoms with Crippen molar-refractivity contribution in [2.75, 3.05) is 11.9 Å². The van der Waals surface area contributed by atoms with E-state index in [0.717, 1.165) is 10.2 Å². The summed E-state index contributed by atoms with van der Waals surface area (Å²) in [5.74, 6) is 0.0871. The van der Waals surface area contributed by atoms with Crippen LogP contribution in [0.15, 0.2) is 53.0 Å². The number of rotatable bonds is 2. The highest BCUT2D eigenvalue weighted by molar-refractivity contribution is 9.10. The number of phenols is 1. The van der Waals surface area contributed by atoms with Crippen molar-refractivity contribution in [3.63, 3.8) is 0 Å². The van der Waals surface area contributed by atoms with E-state index in [2.05, 4.69) is 15.9 Å².